The second-order valence-electron chi connectivity index (χ2n) is 18.8. The SMILES string of the molecule is COC(=O)[C@@]1(OCC[Si](C)(C)C)C[C@H](OC(C)=O)[C@@H](NC(C)=O)[C@H]([C@H](OC(C)=O)[C@@H](COCc2ccccc2)O[C@]2(C(=O)O)C[C@H](OC(C)=O)[C@@H](NC(=O)C(F)(F)F)[C@H]([C@H](OC(C)=O)[C@@H](COC(C)=O)OC(C)=O)O2)O1. The summed E-state index contributed by atoms with van der Waals surface area (Å²) in [6.45, 7) is 9.56. The van der Waals surface area contributed by atoms with Gasteiger partial charge in [-0.2, -0.15) is 13.2 Å². The Morgan fingerprint density at radius 1 is 0.697 bits per heavy atom. The van der Waals surface area contributed by atoms with Crippen molar-refractivity contribution in [2.24, 2.45) is 0 Å². The Labute approximate surface area is 435 Å². The lowest BCUT2D eigenvalue weighted by molar-refractivity contribution is -0.348. The molecule has 2 aliphatic heterocycles. The fourth-order valence-electron chi connectivity index (χ4n) is 8.14. The van der Waals surface area contributed by atoms with Gasteiger partial charge in [-0.3, -0.25) is 38.4 Å². The van der Waals surface area contributed by atoms with E-state index in [2.05, 4.69) is 5.32 Å². The first kappa shape index (κ1) is 64.0. The summed E-state index contributed by atoms with van der Waals surface area (Å²) in [4.78, 5) is 131. The van der Waals surface area contributed by atoms with E-state index in [1.54, 1.807) is 35.6 Å². The van der Waals surface area contributed by atoms with Crippen molar-refractivity contribution in [1.82, 2.24) is 10.6 Å². The Hall–Kier alpha value is -6.27. The summed E-state index contributed by atoms with van der Waals surface area (Å²) >= 11 is 0. The summed E-state index contributed by atoms with van der Waals surface area (Å²) < 4.78 is 111. The Bertz CT molecular complexity index is 2250. The number of hydrogen-bond donors (Lipinski definition) is 3. The van der Waals surface area contributed by atoms with Gasteiger partial charge in [0.2, 0.25) is 5.91 Å². The van der Waals surface area contributed by atoms with Crippen LogP contribution in [-0.2, 0) is 111 Å². The van der Waals surface area contributed by atoms with Crippen molar-refractivity contribution >= 4 is 67.6 Å². The average Bonchev–Trinajstić information content (AvgIpc) is 3.28. The zero-order valence-electron chi connectivity index (χ0n) is 43.7. The molecule has 0 radical (unpaired) electrons. The van der Waals surface area contributed by atoms with Crippen LogP contribution in [0.15, 0.2) is 30.3 Å². The van der Waals surface area contributed by atoms with Crippen molar-refractivity contribution in [1.29, 1.82) is 0 Å². The van der Waals surface area contributed by atoms with Crippen LogP contribution < -0.4 is 10.6 Å². The van der Waals surface area contributed by atoms with Gasteiger partial charge < -0.3 is 72.6 Å². The van der Waals surface area contributed by atoms with Crippen LogP contribution in [0.3, 0.4) is 0 Å². The Balaban J connectivity index is 2.54. The maximum atomic E-state index is 14.1. The molecule has 2 heterocycles. The fourth-order valence-corrected chi connectivity index (χ4v) is 8.85. The molecule has 0 aliphatic carbocycles. The summed E-state index contributed by atoms with van der Waals surface area (Å²) in [6.07, 6.45) is -25.3. The molecule has 2 saturated heterocycles. The van der Waals surface area contributed by atoms with Crippen LogP contribution >= 0.6 is 0 Å². The van der Waals surface area contributed by atoms with Gasteiger partial charge in [-0.1, -0.05) is 50.0 Å². The van der Waals surface area contributed by atoms with Crippen molar-refractivity contribution in [3.8, 4) is 0 Å². The molecule has 2 aliphatic rings. The Morgan fingerprint density at radius 2 is 1.20 bits per heavy atom. The average molecular weight is 1110 g/mol. The predicted octanol–water partition coefficient (Wildman–Crippen LogP) is 1.94. The smallest absolute Gasteiger partial charge is 0.471 e. The number of methoxy groups -OCH3 is 1. The Kier molecular flexibility index (Phi) is 23.3. The van der Waals surface area contributed by atoms with Gasteiger partial charge in [0.15, 0.2) is 18.3 Å². The van der Waals surface area contributed by atoms with Gasteiger partial charge in [0, 0.05) is 63.1 Å². The molecular formula is C47H65F3N2O23Si. The first-order chi connectivity index (χ1) is 35.2. The monoisotopic (exact) mass is 1110 g/mol. The number of esters is 7. The second-order valence-corrected chi connectivity index (χ2v) is 24.4. The van der Waals surface area contributed by atoms with Gasteiger partial charge in [-0.05, 0) is 11.6 Å². The number of aliphatic carboxylic acids is 1. The minimum absolute atomic E-state index is 0.191. The van der Waals surface area contributed by atoms with Crippen LogP contribution in [0.5, 0.6) is 0 Å². The number of carbonyl (C=O) groups excluding carboxylic acids is 9. The zero-order valence-corrected chi connectivity index (χ0v) is 44.7. The molecule has 426 valence electrons. The molecule has 1 aromatic carbocycles. The first-order valence-electron chi connectivity index (χ1n) is 23.5. The number of halogens is 3. The molecule has 2 amide bonds. The number of ether oxygens (including phenoxy) is 12. The van der Waals surface area contributed by atoms with Gasteiger partial charge in [0.05, 0.1) is 45.2 Å². The number of carboxylic acid groups (broad SMARTS) is 1. The fraction of sp³-hybridized carbons (Fsp3) is 0.660. The highest BCUT2D eigenvalue weighted by molar-refractivity contribution is 6.76. The predicted molar refractivity (Wildman–Crippen MR) is 249 cm³/mol. The number of alkyl halides is 3. The summed E-state index contributed by atoms with van der Waals surface area (Å²) in [5, 5.41) is 15.5. The lowest BCUT2D eigenvalue weighted by Gasteiger charge is -2.51. The van der Waals surface area contributed by atoms with Gasteiger partial charge in [0.25, 0.3) is 11.6 Å². The highest BCUT2D eigenvalue weighted by Crippen LogP contribution is 2.42. The van der Waals surface area contributed by atoms with E-state index in [9.17, 15) is 66.2 Å². The van der Waals surface area contributed by atoms with E-state index < -0.39 is 172 Å². The molecule has 29 heteroatoms. The number of amides is 2. The molecule has 1 aromatic rings. The molecule has 0 spiro atoms. The summed E-state index contributed by atoms with van der Waals surface area (Å²) in [5.74, 6) is -20.1. The van der Waals surface area contributed by atoms with Crippen LogP contribution in [0.2, 0.25) is 25.7 Å². The number of benzene rings is 1. The molecule has 2 fully saturated rings. The minimum atomic E-state index is -5.71. The zero-order chi connectivity index (χ0) is 57.5. The topological polar surface area (TPSA) is 326 Å². The van der Waals surface area contributed by atoms with Crippen LogP contribution in [0, 0.1) is 0 Å². The van der Waals surface area contributed by atoms with E-state index in [0.29, 0.717) is 11.6 Å². The number of nitrogens with one attached hydrogen (secondary N) is 2. The Morgan fingerprint density at radius 3 is 1.64 bits per heavy atom. The maximum absolute atomic E-state index is 14.1. The number of carboxylic acids is 1. The quantitative estimate of drug-likeness (QED) is 0.0715. The lowest BCUT2D eigenvalue weighted by atomic mass is 9.86. The van der Waals surface area contributed by atoms with Crippen molar-refractivity contribution in [3.05, 3.63) is 35.9 Å². The van der Waals surface area contributed by atoms with E-state index in [1.165, 1.54) is 0 Å². The molecule has 0 bridgehead atoms. The lowest BCUT2D eigenvalue weighted by Crippen LogP contribution is -2.72. The first-order valence-corrected chi connectivity index (χ1v) is 27.2. The van der Waals surface area contributed by atoms with Gasteiger partial charge in [-0.15, -0.1) is 0 Å². The van der Waals surface area contributed by atoms with E-state index >= 15 is 0 Å². The van der Waals surface area contributed by atoms with Crippen molar-refractivity contribution < 1.29 is 123 Å². The molecule has 25 nitrogen and oxygen atoms in total. The van der Waals surface area contributed by atoms with E-state index in [1.807, 2.05) is 19.6 Å². The molecule has 3 rings (SSSR count). The van der Waals surface area contributed by atoms with Gasteiger partial charge >= 0.3 is 59.8 Å². The third-order valence-corrected chi connectivity index (χ3v) is 12.9. The second kappa shape index (κ2) is 27.7. The number of hydrogen-bond acceptors (Lipinski definition) is 22. The molecule has 12 atom stereocenters. The summed E-state index contributed by atoms with van der Waals surface area (Å²) in [5.41, 5.74) is 0.486. The third-order valence-electron chi connectivity index (χ3n) is 11.2. The normalized spacial score (nSPS) is 25.1. The number of carbonyl (C=O) groups is 10. The largest absolute Gasteiger partial charge is 0.477 e. The standard InChI is InChI=1S/C47H65F3N2O23Si/c1-24(53)51-36-33(69-27(4)56)20-46(44(63)64-8,67-17-18-76(9,10)11)75-40(36)39(72-30(7)59)35(22-65-21-31-15-13-12-14-16-31)73-45(43(61)62)19-32(68-26(3)55)37(52-42(60)47(48,49)50)41(74-45)38(71-29(6)58)34(70-28(5)57)23-66-25(2)54/h12-16,32-41H,17-23H2,1-11H3,(H,51,53)(H,52,60)(H,61,62)/t32-,33-,34+,35+,36+,37+,38+,39+,40+,41+,45+,46+/m0/s1. The summed E-state index contributed by atoms with van der Waals surface area (Å²) in [7, 11) is -1.02. The minimum Gasteiger partial charge on any atom is -0.477 e. The summed E-state index contributed by atoms with van der Waals surface area (Å²) in [6, 6.07) is 4.45. The van der Waals surface area contributed by atoms with Gasteiger partial charge in [-0.25, -0.2) is 9.59 Å². The highest BCUT2D eigenvalue weighted by atomic mass is 28.3. The van der Waals surface area contributed by atoms with Crippen molar-refractivity contribution in [2.45, 2.75) is 172 Å². The van der Waals surface area contributed by atoms with Gasteiger partial charge in [0.1, 0.15) is 37.1 Å². The highest BCUT2D eigenvalue weighted by Gasteiger charge is 2.64. The van der Waals surface area contributed by atoms with Crippen LogP contribution in [-0.4, -0.2) is 178 Å². The molecule has 3 N–H and O–H groups in total. The third kappa shape index (κ3) is 19.1. The number of rotatable bonds is 25. The van der Waals surface area contributed by atoms with E-state index in [0.717, 1.165) is 55.6 Å². The molecule has 0 saturated carbocycles. The molecular weight excluding hydrogens is 1050 g/mol. The van der Waals surface area contributed by atoms with Crippen LogP contribution in [0.1, 0.15) is 66.9 Å². The van der Waals surface area contributed by atoms with Crippen molar-refractivity contribution in [3.63, 3.8) is 0 Å². The van der Waals surface area contributed by atoms with Crippen molar-refractivity contribution in [2.75, 3.05) is 26.9 Å². The molecule has 76 heavy (non-hydrogen) atoms. The molecule has 0 unspecified atom stereocenters. The van der Waals surface area contributed by atoms with E-state index in [4.69, 9.17) is 56.8 Å². The van der Waals surface area contributed by atoms with Crippen LogP contribution in [0.4, 0.5) is 13.2 Å². The van der Waals surface area contributed by atoms with Crippen LogP contribution in [0.25, 0.3) is 0 Å². The molecule has 0 aromatic heterocycles. The maximum Gasteiger partial charge on any atom is 0.471 e. The van der Waals surface area contributed by atoms with E-state index in [-0.39, 0.29) is 13.2 Å².